The van der Waals surface area contributed by atoms with Gasteiger partial charge in [-0.3, -0.25) is 0 Å². The van der Waals surface area contributed by atoms with Crippen LogP contribution in [0, 0.1) is 13.8 Å². The highest BCUT2D eigenvalue weighted by molar-refractivity contribution is 5.72. The van der Waals surface area contributed by atoms with Crippen LogP contribution in [0.5, 0.6) is 0 Å². The molecule has 2 aliphatic rings. The Labute approximate surface area is 238 Å². The van der Waals surface area contributed by atoms with Crippen molar-refractivity contribution in [3.63, 3.8) is 0 Å². The van der Waals surface area contributed by atoms with Crippen LogP contribution in [0.1, 0.15) is 41.9 Å². The molecule has 6 rings (SSSR count). The van der Waals surface area contributed by atoms with E-state index < -0.39 is 0 Å². The van der Waals surface area contributed by atoms with Crippen LogP contribution in [0.4, 0.5) is 22.7 Å². The number of anilines is 4. The Balaban J connectivity index is 1.25. The van der Waals surface area contributed by atoms with Crippen molar-refractivity contribution in [2.45, 2.75) is 39.0 Å². The second-order valence-corrected chi connectivity index (χ2v) is 10.7. The van der Waals surface area contributed by atoms with Crippen LogP contribution in [0.3, 0.4) is 0 Å². The molecular formula is C38H36N2. The van der Waals surface area contributed by atoms with E-state index in [9.17, 15) is 0 Å². The zero-order valence-corrected chi connectivity index (χ0v) is 23.4. The maximum absolute atomic E-state index is 2.38. The van der Waals surface area contributed by atoms with E-state index in [1.54, 1.807) is 0 Å². The lowest BCUT2D eigenvalue weighted by Crippen LogP contribution is -2.17. The molecule has 0 amide bonds. The van der Waals surface area contributed by atoms with Crippen LogP contribution in [-0.4, -0.2) is 0 Å². The summed E-state index contributed by atoms with van der Waals surface area (Å²) in [5.74, 6) is 0.356. The lowest BCUT2D eigenvalue weighted by Gasteiger charge is -2.30. The number of allylic oxidation sites excluding steroid dienone is 6. The van der Waals surface area contributed by atoms with Gasteiger partial charge in [-0.25, -0.2) is 0 Å². The van der Waals surface area contributed by atoms with E-state index in [0.29, 0.717) is 5.92 Å². The molecule has 198 valence electrons. The van der Waals surface area contributed by atoms with Gasteiger partial charge in [0.1, 0.15) is 0 Å². The Hall–Kier alpha value is -4.56. The Morgan fingerprint density at radius 1 is 0.550 bits per heavy atom. The minimum atomic E-state index is 0.356. The summed E-state index contributed by atoms with van der Waals surface area (Å²) in [7, 11) is 0. The number of benzene rings is 4. The van der Waals surface area contributed by atoms with Crippen molar-refractivity contribution in [3.05, 3.63) is 168 Å². The molecule has 2 aliphatic carbocycles. The standard InChI is InChI=1S/C38H36N2/c1-29-11-9-17-37(27-29)39(33-13-5-3-6-14-33)35-23-19-31(20-24-35)32-21-25-36(26-22-32)40(34-15-7-4-8-16-34)38-18-10-12-30(2)28-38/h3,5-7,9-19,21-28,31H,4,8,20H2,1-2H3. The zero-order valence-electron chi connectivity index (χ0n) is 23.4. The third-order valence-electron chi connectivity index (χ3n) is 7.69. The Morgan fingerprint density at radius 3 is 1.70 bits per heavy atom. The normalized spacial score (nSPS) is 16.3. The fourth-order valence-electron chi connectivity index (χ4n) is 5.66. The van der Waals surface area contributed by atoms with Crippen molar-refractivity contribution >= 4 is 22.7 Å². The van der Waals surface area contributed by atoms with Gasteiger partial charge in [0.05, 0.1) is 0 Å². The minimum Gasteiger partial charge on any atom is -0.311 e. The fraction of sp³-hybridized carbons (Fsp3) is 0.158. The zero-order chi connectivity index (χ0) is 27.3. The highest BCUT2D eigenvalue weighted by Gasteiger charge is 2.19. The van der Waals surface area contributed by atoms with Crippen LogP contribution in [0.2, 0.25) is 0 Å². The quantitative estimate of drug-likeness (QED) is 0.239. The first-order chi connectivity index (χ1) is 19.7. The molecule has 0 spiro atoms. The average molecular weight is 521 g/mol. The summed E-state index contributed by atoms with van der Waals surface area (Å²) in [6, 6.07) is 37.3. The molecule has 4 aromatic carbocycles. The van der Waals surface area contributed by atoms with E-state index in [1.165, 1.54) is 50.8 Å². The highest BCUT2D eigenvalue weighted by atomic mass is 15.2. The fourth-order valence-corrected chi connectivity index (χ4v) is 5.66. The van der Waals surface area contributed by atoms with Gasteiger partial charge in [-0.2, -0.15) is 0 Å². The number of para-hydroxylation sites is 1. The summed E-state index contributed by atoms with van der Waals surface area (Å²) < 4.78 is 0. The summed E-state index contributed by atoms with van der Waals surface area (Å²) in [5, 5.41) is 0. The molecule has 2 heteroatoms. The molecule has 1 atom stereocenters. The largest absolute Gasteiger partial charge is 0.311 e. The monoisotopic (exact) mass is 520 g/mol. The van der Waals surface area contributed by atoms with E-state index in [-0.39, 0.29) is 0 Å². The van der Waals surface area contributed by atoms with Crippen molar-refractivity contribution < 1.29 is 0 Å². The SMILES string of the molecule is Cc1cccc(N(C2=CCC(c3ccc(N(C4=CCCC=C4)c4cccc(C)c4)cc3)C=C2)c2ccccc2)c1. The first kappa shape index (κ1) is 25.7. The average Bonchev–Trinajstić information content (AvgIpc) is 3.00. The van der Waals surface area contributed by atoms with Gasteiger partial charge in [0.25, 0.3) is 0 Å². The predicted molar refractivity (Wildman–Crippen MR) is 171 cm³/mol. The van der Waals surface area contributed by atoms with Crippen molar-refractivity contribution in [3.8, 4) is 0 Å². The Kier molecular flexibility index (Phi) is 7.50. The Morgan fingerprint density at radius 2 is 1.15 bits per heavy atom. The van der Waals surface area contributed by atoms with Crippen LogP contribution in [0.25, 0.3) is 0 Å². The smallest absolute Gasteiger partial charge is 0.0464 e. The van der Waals surface area contributed by atoms with E-state index in [1.807, 2.05) is 0 Å². The number of hydrogen-bond acceptors (Lipinski definition) is 2. The van der Waals surface area contributed by atoms with Crippen molar-refractivity contribution in [1.29, 1.82) is 0 Å². The van der Waals surface area contributed by atoms with Crippen molar-refractivity contribution in [1.82, 2.24) is 0 Å². The van der Waals surface area contributed by atoms with E-state index in [4.69, 9.17) is 0 Å². The number of hydrogen-bond donors (Lipinski definition) is 0. The van der Waals surface area contributed by atoms with Crippen LogP contribution in [0.15, 0.2) is 151 Å². The summed E-state index contributed by atoms with van der Waals surface area (Å²) in [5.41, 5.74) is 11.1. The van der Waals surface area contributed by atoms with Crippen molar-refractivity contribution in [2.24, 2.45) is 0 Å². The van der Waals surface area contributed by atoms with Gasteiger partial charge in [0.2, 0.25) is 0 Å². The first-order valence-corrected chi connectivity index (χ1v) is 14.3. The van der Waals surface area contributed by atoms with Gasteiger partial charge in [0, 0.05) is 40.1 Å². The topological polar surface area (TPSA) is 6.48 Å². The van der Waals surface area contributed by atoms with Gasteiger partial charge in [-0.15, -0.1) is 0 Å². The van der Waals surface area contributed by atoms with E-state index >= 15 is 0 Å². The van der Waals surface area contributed by atoms with Crippen molar-refractivity contribution in [2.75, 3.05) is 9.80 Å². The molecule has 4 aromatic rings. The lowest BCUT2D eigenvalue weighted by atomic mass is 9.91. The van der Waals surface area contributed by atoms with Gasteiger partial charge < -0.3 is 9.80 Å². The molecular weight excluding hydrogens is 484 g/mol. The molecule has 0 bridgehead atoms. The second kappa shape index (κ2) is 11.7. The molecule has 0 saturated heterocycles. The molecule has 0 N–H and O–H groups in total. The van der Waals surface area contributed by atoms with Gasteiger partial charge in [-0.05, 0) is 110 Å². The number of rotatable bonds is 7. The highest BCUT2D eigenvalue weighted by Crippen LogP contribution is 2.37. The van der Waals surface area contributed by atoms with Gasteiger partial charge >= 0.3 is 0 Å². The molecule has 40 heavy (non-hydrogen) atoms. The summed E-state index contributed by atoms with van der Waals surface area (Å²) >= 11 is 0. The molecule has 0 heterocycles. The van der Waals surface area contributed by atoms with Gasteiger partial charge in [-0.1, -0.05) is 78.9 Å². The minimum absolute atomic E-state index is 0.356. The first-order valence-electron chi connectivity index (χ1n) is 14.3. The molecule has 2 nitrogen and oxygen atoms in total. The molecule has 1 unspecified atom stereocenters. The summed E-state index contributed by atoms with van der Waals surface area (Å²) in [6.45, 7) is 4.31. The predicted octanol–water partition coefficient (Wildman–Crippen LogP) is 10.4. The number of aryl methyl sites for hydroxylation is 2. The molecule has 0 fully saturated rings. The lowest BCUT2D eigenvalue weighted by molar-refractivity contribution is 0.840. The van der Waals surface area contributed by atoms with E-state index in [2.05, 4.69) is 163 Å². The maximum atomic E-state index is 2.38. The molecule has 0 radical (unpaired) electrons. The third-order valence-corrected chi connectivity index (χ3v) is 7.69. The second-order valence-electron chi connectivity index (χ2n) is 10.7. The van der Waals surface area contributed by atoms with E-state index in [0.717, 1.165) is 19.3 Å². The molecule has 0 aliphatic heterocycles. The van der Waals surface area contributed by atoms with Crippen LogP contribution < -0.4 is 9.80 Å². The molecule has 0 saturated carbocycles. The van der Waals surface area contributed by atoms with Gasteiger partial charge in [0.15, 0.2) is 0 Å². The third kappa shape index (κ3) is 5.58. The number of nitrogens with zero attached hydrogens (tertiary/aromatic N) is 2. The Bertz CT molecular complexity index is 1590. The molecule has 0 aromatic heterocycles. The summed E-state index contributed by atoms with van der Waals surface area (Å²) in [6.07, 6.45) is 17.1. The van der Waals surface area contributed by atoms with Crippen LogP contribution >= 0.6 is 0 Å². The maximum Gasteiger partial charge on any atom is 0.0464 e. The van der Waals surface area contributed by atoms with Crippen LogP contribution in [-0.2, 0) is 0 Å². The summed E-state index contributed by atoms with van der Waals surface area (Å²) in [4.78, 5) is 4.73.